The molecule has 1 aliphatic carbocycles. The Hall–Kier alpha value is -7.94. The van der Waals surface area contributed by atoms with E-state index >= 15 is 4.79 Å². The number of nitrogens with one attached hydrogen (secondary N) is 2. The average molecular weight is 1050 g/mol. The zero-order valence-corrected chi connectivity index (χ0v) is 43.4. The van der Waals surface area contributed by atoms with Crippen LogP contribution in [0.5, 0.6) is 0 Å². The van der Waals surface area contributed by atoms with Crippen LogP contribution in [0.1, 0.15) is 51.4 Å². The van der Waals surface area contributed by atoms with Crippen molar-refractivity contribution in [2.75, 3.05) is 56.9 Å². The van der Waals surface area contributed by atoms with Crippen molar-refractivity contribution in [1.82, 2.24) is 48.7 Å². The molecule has 4 aromatic carbocycles. The average Bonchev–Trinajstić information content (AvgIpc) is 4.12. The first kappa shape index (κ1) is 47.8. The molecule has 3 aliphatic rings. The normalized spacial score (nSPS) is 17.2. The lowest BCUT2D eigenvalue weighted by Crippen LogP contribution is -2.37. The van der Waals surface area contributed by atoms with Crippen molar-refractivity contribution in [2.24, 2.45) is 5.73 Å². The minimum Gasteiger partial charge on any atom is -0.379 e. The number of hydrogen-bond donors (Lipinski definition) is 4. The molecule has 1 saturated carbocycles. The van der Waals surface area contributed by atoms with Crippen LogP contribution in [0, 0.1) is 0 Å². The highest BCUT2D eigenvalue weighted by Crippen LogP contribution is 2.42. The molecule has 2 amide bonds. The Kier molecular flexibility index (Phi) is 12.1. The van der Waals surface area contributed by atoms with Crippen molar-refractivity contribution in [1.29, 1.82) is 0 Å². The predicted molar refractivity (Wildman–Crippen MR) is 303 cm³/mol. The largest absolute Gasteiger partial charge is 0.379 e. The Morgan fingerprint density at radius 2 is 1.26 bits per heavy atom. The zero-order chi connectivity index (χ0) is 51.8. The smallest absolute Gasteiger partial charge is 0.299 e. The van der Waals surface area contributed by atoms with Crippen molar-refractivity contribution in [3.05, 3.63) is 158 Å². The molecule has 2 atom stereocenters. The summed E-state index contributed by atoms with van der Waals surface area (Å²) in [5.41, 5.74) is 17.0. The van der Waals surface area contributed by atoms with Crippen LogP contribution >= 0.6 is 22.7 Å². The van der Waals surface area contributed by atoms with E-state index in [2.05, 4.69) is 70.8 Å². The van der Waals surface area contributed by atoms with E-state index < -0.39 is 5.56 Å². The van der Waals surface area contributed by atoms with Gasteiger partial charge in [-0.1, -0.05) is 48.5 Å². The van der Waals surface area contributed by atoms with Gasteiger partial charge < -0.3 is 41.4 Å². The van der Waals surface area contributed by atoms with Gasteiger partial charge in [0, 0.05) is 66.1 Å². The number of carbonyl (C=O) groups excluding carboxylic acids is 2. The number of aromatic nitrogens is 6. The number of carbonyl (C=O) groups is 2. The minimum atomic E-state index is -0.507. The third kappa shape index (κ3) is 8.62. The van der Waals surface area contributed by atoms with E-state index in [9.17, 15) is 14.4 Å². The lowest BCUT2D eigenvalue weighted by molar-refractivity contribution is 0.0933. The summed E-state index contributed by atoms with van der Waals surface area (Å²) in [5, 5.41) is 8.30. The molecule has 8 heterocycles. The van der Waals surface area contributed by atoms with Gasteiger partial charge in [-0.2, -0.15) is 0 Å². The molecule has 10 aromatic rings. The van der Waals surface area contributed by atoms with Crippen LogP contribution in [0.4, 0.5) is 17.5 Å². The molecule has 0 unspecified atom stereocenters. The number of nitrogens with zero attached hydrogens (tertiary/aromatic N) is 9. The molecular weight excluding hydrogens is 995 g/mol. The Labute approximate surface area is 444 Å². The fourth-order valence-corrected chi connectivity index (χ4v) is 12.9. The zero-order valence-electron chi connectivity index (χ0n) is 41.8. The Balaban J connectivity index is 0.951. The maximum absolute atomic E-state index is 15.8. The first-order chi connectivity index (χ1) is 37.1. The Morgan fingerprint density at radius 3 is 1.92 bits per heavy atom. The molecule has 17 nitrogen and oxygen atoms in total. The number of anilines is 3. The second-order valence-corrected chi connectivity index (χ2v) is 22.3. The minimum absolute atomic E-state index is 0.00559. The topological polar surface area (TPSA) is 200 Å². The van der Waals surface area contributed by atoms with Gasteiger partial charge in [-0.05, 0) is 132 Å². The molecule has 384 valence electrons. The highest BCUT2D eigenvalue weighted by atomic mass is 32.1. The third-order valence-electron chi connectivity index (χ3n) is 15.0. The second-order valence-electron chi connectivity index (χ2n) is 20.2. The van der Waals surface area contributed by atoms with Crippen molar-refractivity contribution in [2.45, 2.75) is 50.2 Å². The number of benzene rings is 4. The Bertz CT molecular complexity index is 4020. The molecule has 2 aliphatic heterocycles. The number of thiophene rings is 2. The number of nitrogen functional groups attached to an aromatic ring is 1. The maximum Gasteiger partial charge on any atom is 0.299 e. The quantitative estimate of drug-likeness (QED) is 0.0838. The summed E-state index contributed by atoms with van der Waals surface area (Å²) >= 11 is 2.48. The number of likely N-dealkylation sites (N-methyl/N-ethyl adjacent to an activating group) is 1. The van der Waals surface area contributed by atoms with Gasteiger partial charge in [-0.15, -0.1) is 22.7 Å². The summed E-state index contributed by atoms with van der Waals surface area (Å²) in [6.45, 7) is 4.82. The second kappa shape index (κ2) is 19.3. The molecule has 6 aromatic heterocycles. The van der Waals surface area contributed by atoms with Crippen molar-refractivity contribution < 1.29 is 9.59 Å². The highest BCUT2D eigenvalue weighted by Gasteiger charge is 2.37. The number of amides is 2. The molecule has 13 rings (SSSR count). The van der Waals surface area contributed by atoms with Crippen LogP contribution in [0.3, 0.4) is 0 Å². The SMILES string of the molecule is CN1CC[C@@H](NC(=O)c2cc3c(nc(N(c4cc5ccc(-n6c(=O)c(N)nc7sc(C(=O)N[C@H]8CCN(CCCN)C8)cc76)cc5n4-c4ccccc4)C4CC4)c(=O)n3-c3ccc4ccn(-c5ccccc5)c4c3)s2)C1. The summed E-state index contributed by atoms with van der Waals surface area (Å²) < 4.78 is 7.46. The monoisotopic (exact) mass is 1050 g/mol. The molecule has 2 saturated heterocycles. The number of para-hydroxylation sites is 2. The first-order valence-electron chi connectivity index (χ1n) is 25.9. The number of hydrogen-bond acceptors (Lipinski definition) is 13. The summed E-state index contributed by atoms with van der Waals surface area (Å²) in [7, 11) is 2.05. The van der Waals surface area contributed by atoms with Gasteiger partial charge in [0.15, 0.2) is 5.82 Å². The van der Waals surface area contributed by atoms with E-state index in [-0.39, 0.29) is 47.1 Å². The molecular formula is C57H55N13O4S2. The van der Waals surface area contributed by atoms with Crippen LogP contribution in [-0.2, 0) is 0 Å². The molecule has 6 N–H and O–H groups in total. The van der Waals surface area contributed by atoms with E-state index in [0.29, 0.717) is 54.2 Å². The van der Waals surface area contributed by atoms with Gasteiger partial charge in [0.25, 0.3) is 22.9 Å². The van der Waals surface area contributed by atoms with E-state index in [0.717, 1.165) is 98.0 Å². The first-order valence-corrected chi connectivity index (χ1v) is 27.5. The number of nitrogens with two attached hydrogens (primary N) is 2. The number of rotatable bonds is 14. The van der Waals surface area contributed by atoms with Gasteiger partial charge in [-0.3, -0.25) is 32.9 Å². The molecule has 0 spiro atoms. The maximum atomic E-state index is 15.8. The summed E-state index contributed by atoms with van der Waals surface area (Å²) in [4.78, 5) is 76.1. The number of likely N-dealkylation sites (tertiary alicyclic amines) is 2. The summed E-state index contributed by atoms with van der Waals surface area (Å²) in [6.07, 6.45) is 6.26. The van der Waals surface area contributed by atoms with E-state index in [1.54, 1.807) is 16.7 Å². The van der Waals surface area contributed by atoms with Gasteiger partial charge in [0.1, 0.15) is 15.5 Å². The highest BCUT2D eigenvalue weighted by molar-refractivity contribution is 7.20. The molecule has 0 radical (unpaired) electrons. The fourth-order valence-electron chi connectivity index (χ4n) is 11.1. The van der Waals surface area contributed by atoms with Crippen molar-refractivity contribution in [3.63, 3.8) is 0 Å². The van der Waals surface area contributed by atoms with Crippen LogP contribution in [0.2, 0.25) is 0 Å². The molecule has 3 fully saturated rings. The van der Waals surface area contributed by atoms with E-state index in [1.807, 2.05) is 91.1 Å². The third-order valence-corrected chi connectivity index (χ3v) is 17.0. The van der Waals surface area contributed by atoms with Crippen LogP contribution in [0.25, 0.3) is 65.2 Å². The van der Waals surface area contributed by atoms with Gasteiger partial charge >= 0.3 is 0 Å². The van der Waals surface area contributed by atoms with Crippen LogP contribution in [-0.4, -0.2) is 114 Å². The lowest BCUT2D eigenvalue weighted by Gasteiger charge is -2.26. The van der Waals surface area contributed by atoms with Crippen LogP contribution < -0.4 is 38.1 Å². The summed E-state index contributed by atoms with van der Waals surface area (Å²) in [6, 6.07) is 39.4. The lowest BCUT2D eigenvalue weighted by atomic mass is 10.2. The summed E-state index contributed by atoms with van der Waals surface area (Å²) in [5.74, 6) is 0.332. The Morgan fingerprint density at radius 1 is 0.645 bits per heavy atom. The fraction of sp³-hybridized carbons (Fsp3) is 0.263. The van der Waals surface area contributed by atoms with Gasteiger partial charge in [-0.25, -0.2) is 9.97 Å². The van der Waals surface area contributed by atoms with E-state index in [1.165, 1.54) is 27.2 Å². The predicted octanol–water partition coefficient (Wildman–Crippen LogP) is 7.57. The molecule has 0 bridgehead atoms. The van der Waals surface area contributed by atoms with Gasteiger partial charge in [0.2, 0.25) is 5.82 Å². The molecule has 19 heteroatoms. The standard InChI is InChI=1S/C57H55N13O4S2/c1-64-24-20-36(32-64)60-52(71)48-31-46-55(76-48)63-51(57(74)69(46)41-15-13-34-19-26-66(43(34)28-41)38-9-4-2-5-10-38)70(40-17-18-40)49-27-35-14-16-42(29-44(35)67(49)39-11-6-3-7-12-39)68-45-30-47(75-54(45)62-50(59)56(68)73)53(72)61-37-21-25-65(33-37)23-8-22-58/h2-7,9-16,19,26-31,36-37,40H,8,17-18,20-25,32-33,58H2,1H3,(H2,59,62)(H,60,71)(H,61,72)/t36-,37+/m1/s1. The number of fused-ring (bicyclic) bond motifs is 4. The molecule has 76 heavy (non-hydrogen) atoms. The van der Waals surface area contributed by atoms with E-state index in [4.69, 9.17) is 16.5 Å². The van der Waals surface area contributed by atoms with Gasteiger partial charge in [0.05, 0.1) is 43.2 Å². The van der Waals surface area contributed by atoms with Crippen molar-refractivity contribution >= 4 is 94.4 Å². The van der Waals surface area contributed by atoms with Crippen molar-refractivity contribution in [3.8, 4) is 22.7 Å². The van der Waals surface area contributed by atoms with Crippen LogP contribution in [0.15, 0.2) is 137 Å².